The van der Waals surface area contributed by atoms with Gasteiger partial charge in [0.1, 0.15) is 22.8 Å². The molecule has 0 unspecified atom stereocenters. The van der Waals surface area contributed by atoms with E-state index in [0.717, 1.165) is 5.56 Å². The van der Waals surface area contributed by atoms with E-state index >= 15 is 0 Å². The van der Waals surface area contributed by atoms with Gasteiger partial charge in [-0.05, 0) is 56.5 Å². The van der Waals surface area contributed by atoms with Crippen LogP contribution in [-0.4, -0.2) is 68.5 Å². The van der Waals surface area contributed by atoms with Crippen LogP contribution in [0.5, 0.6) is 5.75 Å². The van der Waals surface area contributed by atoms with Gasteiger partial charge in [-0.3, -0.25) is 19.3 Å². The van der Waals surface area contributed by atoms with E-state index in [1.807, 2.05) is 6.92 Å². The number of carbonyl (C=O) groups is 3. The lowest BCUT2D eigenvalue weighted by atomic mass is 9.58. The molecule has 0 aromatic heterocycles. The van der Waals surface area contributed by atoms with Gasteiger partial charge >= 0.3 is 0 Å². The molecule has 0 saturated heterocycles. The first-order valence-corrected chi connectivity index (χ1v) is 10.7. The average molecular weight is 457 g/mol. The van der Waals surface area contributed by atoms with Crippen LogP contribution in [0.25, 0.3) is 0 Å². The first-order chi connectivity index (χ1) is 15.4. The Bertz CT molecular complexity index is 1180. The number of aliphatic hydroxyl groups is 3. The van der Waals surface area contributed by atoms with Crippen LogP contribution in [-0.2, 0) is 22.4 Å². The molecule has 0 fully saturated rings. The molecule has 0 aliphatic heterocycles. The number of aryl methyl sites for hydroxylation is 1. The van der Waals surface area contributed by atoms with Gasteiger partial charge in [0.15, 0.2) is 11.4 Å². The minimum absolute atomic E-state index is 0.00942. The monoisotopic (exact) mass is 457 g/mol. The zero-order chi connectivity index (χ0) is 24.6. The molecule has 8 N–H and O–H groups in total. The number of nitrogens with zero attached hydrogens (tertiary/aromatic N) is 1. The molecule has 0 heterocycles. The number of phenols is 1. The van der Waals surface area contributed by atoms with E-state index in [4.69, 9.17) is 11.5 Å². The Morgan fingerprint density at radius 1 is 1.24 bits per heavy atom. The molecule has 0 radical (unpaired) electrons. The zero-order valence-corrected chi connectivity index (χ0v) is 18.5. The lowest BCUT2D eigenvalue weighted by Crippen LogP contribution is -2.63. The van der Waals surface area contributed by atoms with Gasteiger partial charge in [-0.15, -0.1) is 0 Å². The maximum atomic E-state index is 13.5. The minimum atomic E-state index is -2.64. The summed E-state index contributed by atoms with van der Waals surface area (Å²) >= 11 is 0. The SMILES string of the molecule is CCc1cc(N)c(O)c2c1C[C@H]1C[C@H]3[C@H](N(C)C)C(O)=C(C(N)=O)C(=O)[C@@]3(O)C(O)=C1C2=O. The van der Waals surface area contributed by atoms with Crippen molar-refractivity contribution in [2.24, 2.45) is 17.6 Å². The molecule has 0 bridgehead atoms. The van der Waals surface area contributed by atoms with Crippen LogP contribution in [0, 0.1) is 11.8 Å². The lowest BCUT2D eigenvalue weighted by Gasteiger charge is -2.50. The summed E-state index contributed by atoms with van der Waals surface area (Å²) in [4.78, 5) is 40.2. The summed E-state index contributed by atoms with van der Waals surface area (Å²) in [5, 5.41) is 44.0. The van der Waals surface area contributed by atoms with Gasteiger partial charge in [-0.25, -0.2) is 0 Å². The Hall–Kier alpha value is -3.37. The van der Waals surface area contributed by atoms with Crippen molar-refractivity contribution in [2.45, 2.75) is 37.8 Å². The number of hydrogen-bond acceptors (Lipinski definition) is 9. The predicted molar refractivity (Wildman–Crippen MR) is 117 cm³/mol. The number of carbonyl (C=O) groups excluding carboxylic acids is 3. The van der Waals surface area contributed by atoms with E-state index in [1.54, 1.807) is 20.2 Å². The number of primary amides is 1. The summed E-state index contributed by atoms with van der Waals surface area (Å²) in [6.45, 7) is 1.88. The number of ketones is 2. The maximum absolute atomic E-state index is 13.5. The number of hydrogen-bond donors (Lipinski definition) is 6. The number of rotatable bonds is 3. The second kappa shape index (κ2) is 7.32. The number of benzene rings is 1. The van der Waals surface area contributed by atoms with Crippen molar-refractivity contribution >= 4 is 23.2 Å². The summed E-state index contributed by atoms with van der Waals surface area (Å²) < 4.78 is 0. The molecule has 3 aliphatic carbocycles. The van der Waals surface area contributed by atoms with Crippen molar-refractivity contribution in [1.82, 2.24) is 4.90 Å². The summed E-state index contributed by atoms with van der Waals surface area (Å²) in [7, 11) is 3.17. The highest BCUT2D eigenvalue weighted by atomic mass is 16.3. The van der Waals surface area contributed by atoms with E-state index < -0.39 is 63.8 Å². The number of Topliss-reactive ketones (excluding diaryl/α,β-unsaturated/α-hetero) is 2. The fraction of sp³-hybridized carbons (Fsp3) is 0.435. The number of nitrogen functional groups attached to an aromatic ring is 1. The molecule has 1 amide bonds. The van der Waals surface area contributed by atoms with Crippen molar-refractivity contribution < 1.29 is 34.8 Å². The highest BCUT2D eigenvalue weighted by molar-refractivity contribution is 6.24. The standard InChI is InChI=1S/C23H27N3O7/c1-4-8-7-12(24)17(27)14-10(8)5-9-6-11-16(26(2)3)19(29)15(22(25)32)21(31)23(11,33)20(30)13(9)18(14)28/h7,9,11,16,27,29-30,33H,4-6,24H2,1-3H3,(H2,25,32)/t9-,11-,16-,23-/m0/s1. The molecule has 33 heavy (non-hydrogen) atoms. The quantitative estimate of drug-likeness (QED) is 0.210. The molecule has 4 rings (SSSR count). The van der Waals surface area contributed by atoms with Crippen LogP contribution in [0.4, 0.5) is 5.69 Å². The van der Waals surface area contributed by atoms with Gasteiger partial charge in [-0.1, -0.05) is 6.92 Å². The lowest BCUT2D eigenvalue weighted by molar-refractivity contribution is -0.148. The Kier molecular flexibility index (Phi) is 5.06. The molecule has 10 heteroatoms. The molecule has 3 aliphatic rings. The third-order valence-corrected chi connectivity index (χ3v) is 7.23. The molecular weight excluding hydrogens is 430 g/mol. The fourth-order valence-corrected chi connectivity index (χ4v) is 5.73. The number of likely N-dealkylation sites (N-methyl/N-ethyl adjacent to an activating group) is 1. The molecular formula is C23H27N3O7. The van der Waals surface area contributed by atoms with E-state index in [-0.39, 0.29) is 29.7 Å². The second-order valence-corrected chi connectivity index (χ2v) is 9.14. The number of amides is 1. The van der Waals surface area contributed by atoms with Crippen LogP contribution in [0.3, 0.4) is 0 Å². The first kappa shape index (κ1) is 22.8. The van der Waals surface area contributed by atoms with Crippen LogP contribution in [0.2, 0.25) is 0 Å². The molecule has 1 aromatic carbocycles. The molecule has 0 saturated carbocycles. The van der Waals surface area contributed by atoms with Gasteiger partial charge < -0.3 is 31.9 Å². The van der Waals surface area contributed by atoms with Gasteiger partial charge in [0.25, 0.3) is 5.91 Å². The average Bonchev–Trinajstić information content (AvgIpc) is 2.72. The zero-order valence-electron chi connectivity index (χ0n) is 18.5. The number of aliphatic hydroxyl groups excluding tert-OH is 2. The number of anilines is 1. The van der Waals surface area contributed by atoms with Gasteiger partial charge in [0.05, 0.1) is 17.3 Å². The van der Waals surface area contributed by atoms with Crippen LogP contribution in [0.1, 0.15) is 34.8 Å². The van der Waals surface area contributed by atoms with Gasteiger partial charge in [-0.2, -0.15) is 0 Å². The molecule has 1 aromatic rings. The Morgan fingerprint density at radius 2 is 1.88 bits per heavy atom. The molecule has 176 valence electrons. The minimum Gasteiger partial charge on any atom is -0.510 e. The molecule has 10 nitrogen and oxygen atoms in total. The van der Waals surface area contributed by atoms with Crippen molar-refractivity contribution in [3.63, 3.8) is 0 Å². The van der Waals surface area contributed by atoms with Gasteiger partial charge in [0, 0.05) is 11.5 Å². The number of allylic oxidation sites excluding steroid dienone is 1. The van der Waals surface area contributed by atoms with E-state index in [1.165, 1.54) is 4.90 Å². The van der Waals surface area contributed by atoms with Crippen LogP contribution < -0.4 is 11.5 Å². The number of fused-ring (bicyclic) bond motifs is 3. The summed E-state index contributed by atoms with van der Waals surface area (Å²) in [5.74, 6) is -6.79. The van der Waals surface area contributed by atoms with Crippen molar-refractivity contribution in [1.29, 1.82) is 0 Å². The number of aromatic hydroxyl groups is 1. The third-order valence-electron chi connectivity index (χ3n) is 7.23. The van der Waals surface area contributed by atoms with Crippen molar-refractivity contribution in [3.05, 3.63) is 45.4 Å². The van der Waals surface area contributed by atoms with E-state index in [2.05, 4.69) is 0 Å². The fourth-order valence-electron chi connectivity index (χ4n) is 5.73. The Morgan fingerprint density at radius 3 is 2.42 bits per heavy atom. The highest BCUT2D eigenvalue weighted by Crippen LogP contribution is 2.52. The summed E-state index contributed by atoms with van der Waals surface area (Å²) in [6.07, 6.45) is 0.862. The van der Waals surface area contributed by atoms with E-state index in [0.29, 0.717) is 12.0 Å². The third kappa shape index (κ3) is 2.83. The normalized spacial score (nSPS) is 29.2. The Labute approximate surface area is 189 Å². The predicted octanol–water partition coefficient (Wildman–Crippen LogP) is 0.265. The number of nitrogens with two attached hydrogens (primary N) is 2. The Balaban J connectivity index is 1.99. The largest absolute Gasteiger partial charge is 0.510 e. The summed E-state index contributed by atoms with van der Waals surface area (Å²) in [5.41, 5.74) is 8.84. The van der Waals surface area contributed by atoms with Gasteiger partial charge in [0.2, 0.25) is 5.78 Å². The molecule has 4 atom stereocenters. The first-order valence-electron chi connectivity index (χ1n) is 10.7. The number of phenolic OH excluding ortho intramolecular Hbond substituents is 1. The smallest absolute Gasteiger partial charge is 0.255 e. The topological polar surface area (TPSA) is 187 Å². The highest BCUT2D eigenvalue weighted by Gasteiger charge is 2.63. The maximum Gasteiger partial charge on any atom is 0.255 e. The second-order valence-electron chi connectivity index (χ2n) is 9.14. The van der Waals surface area contributed by atoms with Crippen LogP contribution in [0.15, 0.2) is 28.7 Å². The van der Waals surface area contributed by atoms with Crippen molar-refractivity contribution in [2.75, 3.05) is 19.8 Å². The summed E-state index contributed by atoms with van der Waals surface area (Å²) in [6, 6.07) is 0.594. The van der Waals surface area contributed by atoms with Crippen molar-refractivity contribution in [3.8, 4) is 5.75 Å². The van der Waals surface area contributed by atoms with Crippen LogP contribution >= 0.6 is 0 Å². The van der Waals surface area contributed by atoms with E-state index in [9.17, 15) is 34.8 Å². The molecule has 0 spiro atoms.